The Morgan fingerprint density at radius 3 is 2.46 bits per heavy atom. The lowest BCUT2D eigenvalue weighted by atomic mass is 10.1. The summed E-state index contributed by atoms with van der Waals surface area (Å²) in [7, 11) is 3.93. The van der Waals surface area contributed by atoms with Crippen molar-refractivity contribution < 1.29 is 37.3 Å². The van der Waals surface area contributed by atoms with Gasteiger partial charge in [-0.25, -0.2) is 4.79 Å². The predicted molar refractivity (Wildman–Crippen MR) is 152 cm³/mol. The van der Waals surface area contributed by atoms with Gasteiger partial charge >= 0.3 is 12.1 Å². The van der Waals surface area contributed by atoms with Gasteiger partial charge in [-0.05, 0) is 39.4 Å². The van der Waals surface area contributed by atoms with E-state index >= 15 is 0 Å². The molecule has 1 saturated heterocycles. The second-order valence-corrected chi connectivity index (χ2v) is 10.8. The summed E-state index contributed by atoms with van der Waals surface area (Å²) in [6, 6.07) is 8.11. The van der Waals surface area contributed by atoms with E-state index in [2.05, 4.69) is 18.9 Å². The zero-order valence-electron chi connectivity index (χ0n) is 23.6. The fourth-order valence-corrected chi connectivity index (χ4v) is 5.92. The molecule has 0 bridgehead atoms. The zero-order valence-corrected chi connectivity index (χ0v) is 24.4. The van der Waals surface area contributed by atoms with Crippen LogP contribution in [0.3, 0.4) is 0 Å². The molecule has 4 rings (SSSR count). The third-order valence-electron chi connectivity index (χ3n) is 6.85. The van der Waals surface area contributed by atoms with Gasteiger partial charge in [0.1, 0.15) is 16.9 Å². The molecule has 1 atom stereocenters. The predicted octanol–water partition coefficient (Wildman–Crippen LogP) is 4.84. The Labute approximate surface area is 240 Å². The molecule has 1 fully saturated rings. The number of aryl methyl sites for hydroxylation is 1. The number of benzene rings is 1. The van der Waals surface area contributed by atoms with E-state index in [0.29, 0.717) is 35.8 Å². The number of carbonyl (C=O) groups is 2. The highest BCUT2D eigenvalue weighted by molar-refractivity contribution is 7.22. The molecule has 1 amide bonds. The van der Waals surface area contributed by atoms with Gasteiger partial charge in [0.2, 0.25) is 0 Å². The summed E-state index contributed by atoms with van der Waals surface area (Å²) in [6.45, 7) is 7.79. The topological polar surface area (TPSA) is 101 Å². The van der Waals surface area contributed by atoms with E-state index in [-0.39, 0.29) is 24.1 Å². The molecule has 13 heteroatoms. The molecule has 0 spiro atoms. The molecule has 1 aliphatic rings. The summed E-state index contributed by atoms with van der Waals surface area (Å²) in [6.07, 6.45) is -2.24. The number of fused-ring (bicyclic) bond motifs is 3. The first-order chi connectivity index (χ1) is 19.4. The number of likely N-dealkylation sites (N-methyl/N-ethyl adjacent to an activating group) is 2. The number of rotatable bonds is 10. The number of nitrogens with zero attached hydrogens (tertiary/aromatic N) is 3. The summed E-state index contributed by atoms with van der Waals surface area (Å²) in [4.78, 5) is 41.0. The molecule has 9 nitrogen and oxygen atoms in total. The van der Waals surface area contributed by atoms with Gasteiger partial charge in [-0.15, -0.1) is 11.3 Å². The van der Waals surface area contributed by atoms with E-state index in [4.69, 9.17) is 19.4 Å². The number of carbonyl (C=O) groups excluding carboxylic acids is 1. The fourth-order valence-electron chi connectivity index (χ4n) is 4.66. The third-order valence-corrected chi connectivity index (χ3v) is 8.04. The van der Waals surface area contributed by atoms with Crippen LogP contribution in [0.15, 0.2) is 29.1 Å². The van der Waals surface area contributed by atoms with E-state index in [1.807, 2.05) is 47.7 Å². The van der Waals surface area contributed by atoms with Crippen molar-refractivity contribution in [3.8, 4) is 5.75 Å². The van der Waals surface area contributed by atoms with Gasteiger partial charge in [0.15, 0.2) is 5.75 Å². The number of pyridine rings is 1. The van der Waals surface area contributed by atoms with Crippen molar-refractivity contribution in [2.24, 2.45) is 0 Å². The average Bonchev–Trinajstić information content (AvgIpc) is 3.54. The first-order valence-electron chi connectivity index (χ1n) is 13.5. The fraction of sp³-hybridized carbons (Fsp3) is 0.536. The molecule has 2 aromatic heterocycles. The second kappa shape index (κ2) is 14.1. The molecule has 226 valence electrons. The lowest BCUT2D eigenvalue weighted by Gasteiger charge is -2.24. The Bertz CT molecular complexity index is 1420. The zero-order chi connectivity index (χ0) is 30.3. The Balaban J connectivity index is 0.000000587. The van der Waals surface area contributed by atoms with Crippen molar-refractivity contribution in [2.75, 3.05) is 47.0 Å². The Hall–Kier alpha value is -3.16. The van der Waals surface area contributed by atoms with Crippen LogP contribution in [-0.2, 0) is 16.1 Å². The maximum Gasteiger partial charge on any atom is 0.490 e. The molecule has 1 aliphatic heterocycles. The van der Waals surface area contributed by atoms with Crippen molar-refractivity contribution in [3.63, 3.8) is 0 Å². The van der Waals surface area contributed by atoms with Crippen molar-refractivity contribution in [1.29, 1.82) is 0 Å². The molecular weight excluding hydrogens is 563 g/mol. The normalized spacial score (nSPS) is 15.6. The Morgan fingerprint density at radius 1 is 1.20 bits per heavy atom. The van der Waals surface area contributed by atoms with Crippen molar-refractivity contribution in [1.82, 2.24) is 14.4 Å². The largest absolute Gasteiger partial charge is 0.490 e. The van der Waals surface area contributed by atoms with Gasteiger partial charge < -0.3 is 28.9 Å². The van der Waals surface area contributed by atoms with Gasteiger partial charge in [0.05, 0.1) is 16.8 Å². The van der Waals surface area contributed by atoms with Gasteiger partial charge in [-0.3, -0.25) is 9.59 Å². The van der Waals surface area contributed by atoms with E-state index in [1.165, 1.54) is 11.3 Å². The molecule has 0 radical (unpaired) electrons. The smallest absolute Gasteiger partial charge is 0.489 e. The van der Waals surface area contributed by atoms with Gasteiger partial charge in [-0.2, -0.15) is 13.2 Å². The number of ether oxygens (including phenoxy) is 2. The minimum atomic E-state index is -5.08. The SMILES string of the molecule is CCCCn1c(=O)c2c(OCCOCC)c(C(=O)N(C)C3CCN(C)C3)sc2c2ccccc21.O=C(O)C(F)(F)F. The highest BCUT2D eigenvalue weighted by atomic mass is 32.1. The number of hydrogen-bond donors (Lipinski definition) is 1. The van der Waals surface area contributed by atoms with Crippen LogP contribution in [0.1, 0.15) is 42.8 Å². The summed E-state index contributed by atoms with van der Waals surface area (Å²) < 4.78 is 46.0. The third kappa shape index (κ3) is 7.57. The van der Waals surface area contributed by atoms with Crippen LogP contribution in [0.5, 0.6) is 5.75 Å². The first kappa shape index (κ1) is 32.4. The van der Waals surface area contributed by atoms with Crippen LogP contribution in [0.25, 0.3) is 21.0 Å². The number of unbranched alkanes of at least 4 members (excludes halogenated alkanes) is 1. The number of hydrogen-bond acceptors (Lipinski definition) is 7. The number of likely N-dealkylation sites (tertiary alicyclic amines) is 1. The molecule has 3 aromatic rings. The van der Waals surface area contributed by atoms with E-state index in [1.54, 1.807) is 0 Å². The number of amides is 1. The number of para-hydroxylation sites is 1. The van der Waals surface area contributed by atoms with E-state index in [0.717, 1.165) is 48.0 Å². The number of alkyl halides is 3. The monoisotopic (exact) mass is 599 g/mol. The summed E-state index contributed by atoms with van der Waals surface area (Å²) in [5.74, 6) is -2.44. The number of carboxylic acid groups (broad SMARTS) is 1. The number of aliphatic carboxylic acids is 1. The molecule has 1 aromatic carbocycles. The van der Waals surface area contributed by atoms with Crippen molar-refractivity contribution in [2.45, 2.75) is 51.9 Å². The summed E-state index contributed by atoms with van der Waals surface area (Å²) in [5, 5.41) is 8.62. The van der Waals surface area contributed by atoms with Crippen LogP contribution in [0.2, 0.25) is 0 Å². The van der Waals surface area contributed by atoms with Crippen LogP contribution in [0, 0.1) is 0 Å². The second-order valence-electron chi connectivity index (χ2n) is 9.76. The van der Waals surface area contributed by atoms with Crippen LogP contribution in [0.4, 0.5) is 13.2 Å². The van der Waals surface area contributed by atoms with Gasteiger partial charge in [0.25, 0.3) is 11.5 Å². The highest BCUT2D eigenvalue weighted by Crippen LogP contribution is 2.40. The minimum absolute atomic E-state index is 0.0866. The first-order valence-corrected chi connectivity index (χ1v) is 14.3. The highest BCUT2D eigenvalue weighted by Gasteiger charge is 2.38. The van der Waals surface area contributed by atoms with Crippen LogP contribution in [-0.4, -0.2) is 90.6 Å². The Kier molecular flexibility index (Phi) is 11.2. The molecule has 0 aliphatic carbocycles. The van der Waals surface area contributed by atoms with E-state index in [9.17, 15) is 22.8 Å². The maximum atomic E-state index is 13.8. The number of halogens is 3. The van der Waals surface area contributed by atoms with Crippen LogP contribution < -0.4 is 10.3 Å². The lowest BCUT2D eigenvalue weighted by Crippen LogP contribution is -2.38. The summed E-state index contributed by atoms with van der Waals surface area (Å²) >= 11 is 1.38. The molecule has 3 heterocycles. The van der Waals surface area contributed by atoms with Gasteiger partial charge in [0, 0.05) is 38.2 Å². The standard InChI is InChI=1S/C26H35N3O4S.C2HF3O2/c1-5-7-13-29-20-11-9-8-10-19(20)23-21(25(29)30)22(33-16-15-32-6-2)24(34-23)26(31)28(4)18-12-14-27(3)17-18;3-2(4,5)1(6)7/h8-11,18H,5-7,12-17H2,1-4H3;(H,6,7). The minimum Gasteiger partial charge on any atom is -0.489 e. The molecule has 1 unspecified atom stereocenters. The molecule has 1 N–H and O–H groups in total. The maximum absolute atomic E-state index is 13.8. The molecule has 0 saturated carbocycles. The number of carboxylic acids is 1. The quantitative estimate of drug-likeness (QED) is 0.333. The van der Waals surface area contributed by atoms with Crippen molar-refractivity contribution in [3.05, 3.63) is 39.5 Å². The van der Waals surface area contributed by atoms with Crippen molar-refractivity contribution >= 4 is 44.2 Å². The lowest BCUT2D eigenvalue weighted by molar-refractivity contribution is -0.192. The van der Waals surface area contributed by atoms with Crippen LogP contribution >= 0.6 is 11.3 Å². The molecular formula is C28H36F3N3O6S. The summed E-state index contributed by atoms with van der Waals surface area (Å²) in [5.41, 5.74) is 0.812. The van der Waals surface area contributed by atoms with Gasteiger partial charge in [-0.1, -0.05) is 31.5 Å². The number of thiophene rings is 1. The molecule has 41 heavy (non-hydrogen) atoms. The Morgan fingerprint density at radius 2 is 1.88 bits per heavy atom. The number of aromatic nitrogens is 1. The van der Waals surface area contributed by atoms with E-state index < -0.39 is 12.1 Å². The average molecular weight is 600 g/mol.